The molecule has 0 saturated carbocycles. The molecule has 20 heavy (non-hydrogen) atoms. The van der Waals surface area contributed by atoms with Crippen molar-refractivity contribution in [2.45, 2.75) is 13.3 Å². The molecule has 0 aliphatic heterocycles. The topological polar surface area (TPSA) is 54.0 Å². The van der Waals surface area contributed by atoms with Crippen molar-refractivity contribution in [1.82, 2.24) is 4.98 Å². The van der Waals surface area contributed by atoms with E-state index in [0.717, 1.165) is 28.8 Å². The number of hydrogen-bond donors (Lipinski definition) is 2. The first-order chi connectivity index (χ1) is 9.69. The minimum absolute atomic E-state index is 0.171. The molecule has 0 aliphatic rings. The van der Waals surface area contributed by atoms with Crippen LogP contribution < -0.4 is 10.6 Å². The van der Waals surface area contributed by atoms with Gasteiger partial charge < -0.3 is 10.6 Å². The summed E-state index contributed by atoms with van der Waals surface area (Å²) >= 11 is 3.37. The maximum absolute atomic E-state index is 12.2. The van der Waals surface area contributed by atoms with Crippen LogP contribution in [0.15, 0.2) is 47.2 Å². The standard InChI is InChI=1S/C15H16BrN3O/c1-2-6-18-14-7-11(9-17-10-14)15(20)19-13-5-3-4-12(16)8-13/h3-5,7-10,18H,2,6H2,1H3,(H,19,20). The average molecular weight is 334 g/mol. The normalized spacial score (nSPS) is 10.1. The molecular formula is C15H16BrN3O. The number of carbonyl (C=O) groups excluding carboxylic acids is 1. The molecule has 1 amide bonds. The first kappa shape index (κ1) is 14.5. The molecular weight excluding hydrogens is 318 g/mol. The van der Waals surface area contributed by atoms with Crippen molar-refractivity contribution in [3.05, 3.63) is 52.8 Å². The van der Waals surface area contributed by atoms with Crippen LogP contribution in [-0.2, 0) is 0 Å². The zero-order valence-electron chi connectivity index (χ0n) is 11.2. The Labute approximate surface area is 126 Å². The van der Waals surface area contributed by atoms with Gasteiger partial charge >= 0.3 is 0 Å². The maximum atomic E-state index is 12.2. The number of benzene rings is 1. The van der Waals surface area contributed by atoms with E-state index in [1.54, 1.807) is 18.5 Å². The molecule has 2 aromatic rings. The fourth-order valence-electron chi connectivity index (χ4n) is 1.70. The summed E-state index contributed by atoms with van der Waals surface area (Å²) in [5, 5.41) is 6.06. The molecule has 0 fully saturated rings. The van der Waals surface area contributed by atoms with Crippen LogP contribution in [0.1, 0.15) is 23.7 Å². The fraction of sp³-hybridized carbons (Fsp3) is 0.200. The smallest absolute Gasteiger partial charge is 0.257 e. The third-order valence-electron chi connectivity index (χ3n) is 2.66. The first-order valence-electron chi connectivity index (χ1n) is 6.45. The lowest BCUT2D eigenvalue weighted by atomic mass is 10.2. The van der Waals surface area contributed by atoms with Gasteiger partial charge in [-0.2, -0.15) is 0 Å². The SMILES string of the molecule is CCCNc1cncc(C(=O)Nc2cccc(Br)c2)c1. The molecule has 0 spiro atoms. The number of hydrogen-bond acceptors (Lipinski definition) is 3. The molecule has 1 aromatic carbocycles. The van der Waals surface area contributed by atoms with Gasteiger partial charge in [-0.1, -0.05) is 28.9 Å². The summed E-state index contributed by atoms with van der Waals surface area (Å²) in [5.74, 6) is -0.171. The van der Waals surface area contributed by atoms with E-state index in [4.69, 9.17) is 0 Å². The number of carbonyl (C=O) groups is 1. The molecule has 1 aromatic heterocycles. The third kappa shape index (κ3) is 4.06. The van der Waals surface area contributed by atoms with E-state index in [1.807, 2.05) is 24.3 Å². The number of rotatable bonds is 5. The van der Waals surface area contributed by atoms with Crippen LogP contribution >= 0.6 is 15.9 Å². The van der Waals surface area contributed by atoms with E-state index in [9.17, 15) is 4.79 Å². The average Bonchev–Trinajstić information content (AvgIpc) is 2.45. The highest BCUT2D eigenvalue weighted by Crippen LogP contribution is 2.17. The fourth-order valence-corrected chi connectivity index (χ4v) is 2.10. The van der Waals surface area contributed by atoms with Crippen molar-refractivity contribution in [3.8, 4) is 0 Å². The lowest BCUT2D eigenvalue weighted by molar-refractivity contribution is 0.102. The number of nitrogens with one attached hydrogen (secondary N) is 2. The molecule has 0 bridgehead atoms. The molecule has 2 N–H and O–H groups in total. The summed E-state index contributed by atoms with van der Waals surface area (Å²) in [5.41, 5.74) is 2.14. The Morgan fingerprint density at radius 3 is 2.85 bits per heavy atom. The molecule has 0 radical (unpaired) electrons. The highest BCUT2D eigenvalue weighted by molar-refractivity contribution is 9.10. The van der Waals surface area contributed by atoms with Crippen LogP contribution in [0.2, 0.25) is 0 Å². The molecule has 5 heteroatoms. The Kier molecular flexibility index (Phi) is 5.12. The van der Waals surface area contributed by atoms with E-state index in [2.05, 4.69) is 38.5 Å². The van der Waals surface area contributed by atoms with Crippen LogP contribution in [0.4, 0.5) is 11.4 Å². The van der Waals surface area contributed by atoms with E-state index in [-0.39, 0.29) is 5.91 Å². The van der Waals surface area contributed by atoms with Crippen molar-refractivity contribution in [3.63, 3.8) is 0 Å². The summed E-state index contributed by atoms with van der Waals surface area (Å²) in [4.78, 5) is 16.2. The van der Waals surface area contributed by atoms with Gasteiger partial charge in [-0.25, -0.2) is 0 Å². The van der Waals surface area contributed by atoms with Gasteiger partial charge in [0, 0.05) is 29.1 Å². The molecule has 0 atom stereocenters. The van der Waals surface area contributed by atoms with Gasteiger partial charge in [0.1, 0.15) is 0 Å². The van der Waals surface area contributed by atoms with E-state index in [0.29, 0.717) is 5.56 Å². The second-order valence-corrected chi connectivity index (χ2v) is 5.27. The van der Waals surface area contributed by atoms with E-state index in [1.165, 1.54) is 0 Å². The van der Waals surface area contributed by atoms with E-state index < -0.39 is 0 Å². The molecule has 0 saturated heterocycles. The van der Waals surface area contributed by atoms with Crippen LogP contribution in [0.5, 0.6) is 0 Å². The van der Waals surface area contributed by atoms with Gasteiger partial charge in [-0.05, 0) is 30.7 Å². The molecule has 0 unspecified atom stereocenters. The summed E-state index contributed by atoms with van der Waals surface area (Å²) in [6.45, 7) is 2.95. The first-order valence-corrected chi connectivity index (χ1v) is 7.24. The Bertz CT molecular complexity index is 601. The van der Waals surface area contributed by atoms with Gasteiger partial charge in [0.25, 0.3) is 5.91 Å². The number of amides is 1. The number of halogens is 1. The Morgan fingerprint density at radius 1 is 1.25 bits per heavy atom. The van der Waals surface area contributed by atoms with Crippen LogP contribution in [-0.4, -0.2) is 17.4 Å². The highest BCUT2D eigenvalue weighted by atomic mass is 79.9. The number of pyridine rings is 1. The summed E-state index contributed by atoms with van der Waals surface area (Å²) in [7, 11) is 0. The molecule has 4 nitrogen and oxygen atoms in total. The molecule has 0 aliphatic carbocycles. The predicted molar refractivity (Wildman–Crippen MR) is 85.1 cm³/mol. The summed E-state index contributed by atoms with van der Waals surface area (Å²) in [6.07, 6.45) is 4.30. The Hall–Kier alpha value is -1.88. The minimum atomic E-state index is -0.171. The predicted octanol–water partition coefficient (Wildman–Crippen LogP) is 3.92. The van der Waals surface area contributed by atoms with E-state index >= 15 is 0 Å². The maximum Gasteiger partial charge on any atom is 0.257 e. The monoisotopic (exact) mass is 333 g/mol. The molecule has 1 heterocycles. The van der Waals surface area contributed by atoms with Crippen LogP contribution in [0.3, 0.4) is 0 Å². The van der Waals surface area contributed by atoms with Gasteiger partial charge in [-0.3, -0.25) is 9.78 Å². The largest absolute Gasteiger partial charge is 0.384 e. The van der Waals surface area contributed by atoms with Gasteiger partial charge in [-0.15, -0.1) is 0 Å². The molecule has 104 valence electrons. The van der Waals surface area contributed by atoms with Gasteiger partial charge in [0.05, 0.1) is 11.3 Å². The lowest BCUT2D eigenvalue weighted by Crippen LogP contribution is -2.13. The molecule has 2 rings (SSSR count). The number of aromatic nitrogens is 1. The van der Waals surface area contributed by atoms with Crippen molar-refractivity contribution in [2.24, 2.45) is 0 Å². The lowest BCUT2D eigenvalue weighted by Gasteiger charge is -2.08. The third-order valence-corrected chi connectivity index (χ3v) is 3.16. The number of nitrogens with zero attached hydrogens (tertiary/aromatic N) is 1. The quantitative estimate of drug-likeness (QED) is 0.871. The van der Waals surface area contributed by atoms with Crippen LogP contribution in [0, 0.1) is 0 Å². The second kappa shape index (κ2) is 7.05. The van der Waals surface area contributed by atoms with Crippen molar-refractivity contribution >= 4 is 33.2 Å². The van der Waals surface area contributed by atoms with Crippen LogP contribution in [0.25, 0.3) is 0 Å². The second-order valence-electron chi connectivity index (χ2n) is 4.35. The highest BCUT2D eigenvalue weighted by Gasteiger charge is 2.07. The Balaban J connectivity index is 2.09. The summed E-state index contributed by atoms with van der Waals surface area (Å²) in [6, 6.07) is 9.28. The van der Waals surface area contributed by atoms with Crippen molar-refractivity contribution in [1.29, 1.82) is 0 Å². The minimum Gasteiger partial charge on any atom is -0.384 e. The van der Waals surface area contributed by atoms with Gasteiger partial charge in [0.2, 0.25) is 0 Å². The zero-order chi connectivity index (χ0) is 14.4. The number of anilines is 2. The zero-order valence-corrected chi connectivity index (χ0v) is 12.8. The summed E-state index contributed by atoms with van der Waals surface area (Å²) < 4.78 is 0.923. The van der Waals surface area contributed by atoms with Gasteiger partial charge in [0.15, 0.2) is 0 Å². The Morgan fingerprint density at radius 2 is 2.10 bits per heavy atom. The van der Waals surface area contributed by atoms with Crippen molar-refractivity contribution in [2.75, 3.05) is 17.2 Å². The van der Waals surface area contributed by atoms with Crippen molar-refractivity contribution < 1.29 is 4.79 Å².